The van der Waals surface area contributed by atoms with Gasteiger partial charge in [-0.05, 0) is 48.4 Å². The molecule has 0 saturated heterocycles. The predicted octanol–water partition coefficient (Wildman–Crippen LogP) is 3.02. The third kappa shape index (κ3) is 2.66. The van der Waals surface area contributed by atoms with Crippen molar-refractivity contribution in [1.82, 2.24) is 4.98 Å². The molecule has 0 aliphatic rings. The Kier molecular flexibility index (Phi) is 3.67. The Hall–Kier alpha value is -2.54. The van der Waals surface area contributed by atoms with Crippen molar-refractivity contribution in [2.75, 3.05) is 0 Å². The molecule has 1 unspecified atom stereocenters. The van der Waals surface area contributed by atoms with Crippen molar-refractivity contribution in [2.24, 2.45) is 0 Å². The molecule has 0 aliphatic carbocycles. The number of nitrogens with zero attached hydrogens (tertiary/aromatic N) is 2. The average molecular weight is 254 g/mol. The van der Waals surface area contributed by atoms with E-state index in [2.05, 4.69) is 4.98 Å². The van der Waals surface area contributed by atoms with Crippen LogP contribution in [0.1, 0.15) is 27.4 Å². The summed E-state index contributed by atoms with van der Waals surface area (Å²) in [5.41, 5.74) is 1.74. The molecule has 0 saturated carbocycles. The molecule has 0 spiro atoms. The van der Waals surface area contributed by atoms with Crippen LogP contribution in [0.4, 0.5) is 4.39 Å². The number of halogens is 1. The predicted molar refractivity (Wildman–Crippen MR) is 68.1 cm³/mol. The Balaban J connectivity index is 2.38. The molecule has 0 fully saturated rings. The molecule has 3 nitrogen and oxygen atoms in total. The number of carbonyl (C=O) groups is 1. The second kappa shape index (κ2) is 5.40. The van der Waals surface area contributed by atoms with E-state index in [0.29, 0.717) is 11.1 Å². The third-order valence-electron chi connectivity index (χ3n) is 2.89. The summed E-state index contributed by atoms with van der Waals surface area (Å²) in [7, 11) is 0. The van der Waals surface area contributed by atoms with E-state index >= 15 is 0 Å². The quantitative estimate of drug-likeness (QED) is 0.791. The first kappa shape index (κ1) is 12.9. The molecule has 4 heteroatoms. The molecule has 0 bridgehead atoms. The monoisotopic (exact) mass is 254 g/mol. The van der Waals surface area contributed by atoms with E-state index in [1.54, 1.807) is 25.4 Å². The van der Waals surface area contributed by atoms with Crippen LogP contribution in [0, 0.1) is 24.1 Å². The summed E-state index contributed by atoms with van der Waals surface area (Å²) < 4.78 is 12.8. The van der Waals surface area contributed by atoms with E-state index in [1.807, 2.05) is 6.07 Å². The lowest BCUT2D eigenvalue weighted by molar-refractivity contribution is 0.0978. The van der Waals surface area contributed by atoms with E-state index in [1.165, 1.54) is 24.3 Å². The smallest absolute Gasteiger partial charge is 0.184 e. The molecule has 2 rings (SSSR count). The number of rotatable bonds is 3. The second-order valence-electron chi connectivity index (χ2n) is 4.17. The molecule has 1 atom stereocenters. The molecule has 2 aromatic rings. The first-order chi connectivity index (χ1) is 9.13. The first-order valence-electron chi connectivity index (χ1n) is 5.73. The highest BCUT2D eigenvalue weighted by atomic mass is 19.1. The number of hydrogen-bond donors (Lipinski definition) is 0. The molecule has 1 aromatic heterocycles. The van der Waals surface area contributed by atoms with Crippen LogP contribution in [0.2, 0.25) is 0 Å². The van der Waals surface area contributed by atoms with Crippen LogP contribution in [0.15, 0.2) is 42.7 Å². The van der Waals surface area contributed by atoms with Crippen molar-refractivity contribution in [1.29, 1.82) is 5.26 Å². The number of aryl methyl sites for hydroxylation is 1. The van der Waals surface area contributed by atoms with Crippen molar-refractivity contribution in [2.45, 2.75) is 12.8 Å². The molecular weight excluding hydrogens is 243 g/mol. The van der Waals surface area contributed by atoms with Gasteiger partial charge in [0.1, 0.15) is 11.7 Å². The minimum Gasteiger partial charge on any atom is -0.292 e. The van der Waals surface area contributed by atoms with Crippen molar-refractivity contribution in [3.05, 3.63) is 65.2 Å². The maximum absolute atomic E-state index is 12.8. The molecule has 94 valence electrons. The molecule has 1 aromatic carbocycles. The topological polar surface area (TPSA) is 53.8 Å². The molecular formula is C15H11FN2O. The third-order valence-corrected chi connectivity index (χ3v) is 2.89. The van der Waals surface area contributed by atoms with Gasteiger partial charge in [0.25, 0.3) is 0 Å². The zero-order valence-electron chi connectivity index (χ0n) is 10.3. The molecule has 0 amide bonds. The maximum Gasteiger partial charge on any atom is 0.184 e. The van der Waals surface area contributed by atoms with Crippen molar-refractivity contribution < 1.29 is 9.18 Å². The van der Waals surface area contributed by atoms with Crippen LogP contribution in [0.5, 0.6) is 0 Å². The number of benzene rings is 1. The first-order valence-corrected chi connectivity index (χ1v) is 5.73. The number of hydrogen-bond acceptors (Lipinski definition) is 3. The normalized spacial score (nSPS) is 11.6. The summed E-state index contributed by atoms with van der Waals surface area (Å²) >= 11 is 0. The van der Waals surface area contributed by atoms with E-state index < -0.39 is 11.7 Å². The number of nitriles is 1. The molecule has 19 heavy (non-hydrogen) atoms. The molecule has 1 heterocycles. The molecule has 0 aliphatic heterocycles. The summed E-state index contributed by atoms with van der Waals surface area (Å²) in [6.07, 6.45) is 3.15. The van der Waals surface area contributed by atoms with Gasteiger partial charge in [-0.3, -0.25) is 9.78 Å². The van der Waals surface area contributed by atoms with Gasteiger partial charge in [0.2, 0.25) is 0 Å². The summed E-state index contributed by atoms with van der Waals surface area (Å²) in [5, 5.41) is 9.22. The van der Waals surface area contributed by atoms with Crippen molar-refractivity contribution in [3.8, 4) is 6.07 Å². The largest absolute Gasteiger partial charge is 0.292 e. The Bertz CT molecular complexity index is 644. The van der Waals surface area contributed by atoms with Crippen LogP contribution in [0.3, 0.4) is 0 Å². The standard InChI is InChI=1S/C15H11FN2O/c1-10-9-18-7-6-13(10)14(8-17)15(19)11-2-4-12(16)5-3-11/h2-7,9,14H,1H3. The zero-order chi connectivity index (χ0) is 13.8. The van der Waals surface area contributed by atoms with Gasteiger partial charge in [0.05, 0.1) is 6.07 Å². The van der Waals surface area contributed by atoms with Gasteiger partial charge < -0.3 is 0 Å². The average Bonchev–Trinajstić information content (AvgIpc) is 2.42. The number of aromatic nitrogens is 1. The Morgan fingerprint density at radius 2 is 2.00 bits per heavy atom. The summed E-state index contributed by atoms with van der Waals surface area (Å²) in [6.45, 7) is 1.80. The van der Waals surface area contributed by atoms with Gasteiger partial charge in [-0.25, -0.2) is 4.39 Å². The Labute approximate surface area is 110 Å². The van der Waals surface area contributed by atoms with Gasteiger partial charge in [-0.15, -0.1) is 0 Å². The lowest BCUT2D eigenvalue weighted by atomic mass is 9.90. The van der Waals surface area contributed by atoms with Crippen LogP contribution in [0.25, 0.3) is 0 Å². The van der Waals surface area contributed by atoms with Crippen molar-refractivity contribution >= 4 is 5.78 Å². The number of pyridine rings is 1. The fourth-order valence-electron chi connectivity index (χ4n) is 1.86. The lowest BCUT2D eigenvalue weighted by Crippen LogP contribution is -2.12. The fraction of sp³-hybridized carbons (Fsp3) is 0.133. The highest BCUT2D eigenvalue weighted by Crippen LogP contribution is 2.22. The summed E-state index contributed by atoms with van der Waals surface area (Å²) in [6, 6.07) is 8.85. The van der Waals surface area contributed by atoms with E-state index in [0.717, 1.165) is 5.56 Å². The van der Waals surface area contributed by atoms with E-state index in [4.69, 9.17) is 0 Å². The van der Waals surface area contributed by atoms with Crippen LogP contribution < -0.4 is 0 Å². The van der Waals surface area contributed by atoms with Gasteiger partial charge in [-0.2, -0.15) is 5.26 Å². The van der Waals surface area contributed by atoms with E-state index in [9.17, 15) is 14.4 Å². The second-order valence-corrected chi connectivity index (χ2v) is 4.17. The summed E-state index contributed by atoms with van der Waals surface area (Å²) in [5.74, 6) is -1.64. The zero-order valence-corrected chi connectivity index (χ0v) is 10.3. The molecule has 0 radical (unpaired) electrons. The SMILES string of the molecule is Cc1cnccc1C(C#N)C(=O)c1ccc(F)cc1. The lowest BCUT2D eigenvalue weighted by Gasteiger charge is -2.10. The highest BCUT2D eigenvalue weighted by molar-refractivity contribution is 6.02. The van der Waals surface area contributed by atoms with Gasteiger partial charge in [0.15, 0.2) is 5.78 Å². The highest BCUT2D eigenvalue weighted by Gasteiger charge is 2.23. The van der Waals surface area contributed by atoms with Crippen molar-refractivity contribution in [3.63, 3.8) is 0 Å². The van der Waals surface area contributed by atoms with Crippen LogP contribution in [-0.4, -0.2) is 10.8 Å². The number of Topliss-reactive ketones (excluding diaryl/α,β-unsaturated/α-hetero) is 1. The van der Waals surface area contributed by atoms with Crippen LogP contribution >= 0.6 is 0 Å². The number of carbonyl (C=O) groups excluding carboxylic acids is 1. The maximum atomic E-state index is 12.8. The fourth-order valence-corrected chi connectivity index (χ4v) is 1.86. The van der Waals surface area contributed by atoms with Gasteiger partial charge in [-0.1, -0.05) is 0 Å². The minimum atomic E-state index is -0.895. The molecule has 0 N–H and O–H groups in total. The number of ketones is 1. The summed E-state index contributed by atoms with van der Waals surface area (Å²) in [4.78, 5) is 16.2. The van der Waals surface area contributed by atoms with Gasteiger partial charge in [0, 0.05) is 18.0 Å². The Morgan fingerprint density at radius 1 is 1.32 bits per heavy atom. The minimum absolute atomic E-state index is 0.323. The van der Waals surface area contributed by atoms with E-state index in [-0.39, 0.29) is 5.78 Å². The van der Waals surface area contributed by atoms with Crippen LogP contribution in [-0.2, 0) is 0 Å². The Morgan fingerprint density at radius 3 is 2.58 bits per heavy atom. The van der Waals surface area contributed by atoms with Gasteiger partial charge >= 0.3 is 0 Å².